The molecule has 0 saturated carbocycles. The van der Waals surface area contributed by atoms with Gasteiger partial charge >= 0.3 is 11.9 Å². The summed E-state index contributed by atoms with van der Waals surface area (Å²) in [6.45, 7) is 0. The minimum Gasteiger partial charge on any atom is -0.477 e. The predicted octanol–water partition coefficient (Wildman–Crippen LogP) is 12.1. The second-order valence-corrected chi connectivity index (χ2v) is 14.5. The van der Waals surface area contributed by atoms with Crippen molar-refractivity contribution in [1.82, 2.24) is 0 Å². The van der Waals surface area contributed by atoms with Crippen molar-refractivity contribution >= 4 is 80.9 Å². The number of carbonyl (C=O) groups is 2. The van der Waals surface area contributed by atoms with Gasteiger partial charge in [0.25, 0.3) is 0 Å². The largest absolute Gasteiger partial charge is 0.477 e. The summed E-state index contributed by atoms with van der Waals surface area (Å²) >= 11 is 2.84. The molecule has 0 spiro atoms. The van der Waals surface area contributed by atoms with E-state index in [1.165, 1.54) is 34.8 Å². The second kappa shape index (κ2) is 16.7. The fraction of sp³-hybridized carbons (Fsp3) is 0. The standard InChI is InChI=1S/C46H30N4O4S2/c47-29-33(45(51)52)27-41-23-25-43(55-41)31-11-15-37(16-12-31)49(35-7-3-1-4-8-35)39-19-21-40(22-20-39)50(36-9-5-2-6-10-36)38-17-13-32(14-18-38)44-26-24-42(56-44)28-34(30-48)46(53)54/h1-28H,(H,51,52)(H,53,54)/b33-27-,34-28+. The summed E-state index contributed by atoms with van der Waals surface area (Å²) < 4.78 is 0. The average Bonchev–Trinajstić information content (AvgIpc) is 3.91. The maximum atomic E-state index is 11.3. The molecule has 10 heteroatoms. The van der Waals surface area contributed by atoms with Crippen molar-refractivity contribution in [2.75, 3.05) is 9.80 Å². The van der Waals surface area contributed by atoms with Gasteiger partial charge in [-0.3, -0.25) is 0 Å². The Hall–Kier alpha value is -7.50. The molecule has 0 aliphatic carbocycles. The van der Waals surface area contributed by atoms with Crippen molar-refractivity contribution in [2.45, 2.75) is 0 Å². The normalized spacial score (nSPS) is 11.3. The van der Waals surface area contributed by atoms with E-state index in [0.29, 0.717) is 9.75 Å². The molecule has 0 bridgehead atoms. The number of nitrogens with zero attached hydrogens (tertiary/aromatic N) is 4. The van der Waals surface area contributed by atoms with Crippen LogP contribution in [0, 0.1) is 22.7 Å². The molecule has 270 valence electrons. The first-order valence-electron chi connectivity index (χ1n) is 17.2. The van der Waals surface area contributed by atoms with Gasteiger partial charge in [-0.1, -0.05) is 60.7 Å². The van der Waals surface area contributed by atoms with Crippen molar-refractivity contribution < 1.29 is 19.8 Å². The molecule has 56 heavy (non-hydrogen) atoms. The van der Waals surface area contributed by atoms with Crippen LogP contribution < -0.4 is 9.80 Å². The van der Waals surface area contributed by atoms with Crippen LogP contribution in [-0.4, -0.2) is 22.2 Å². The summed E-state index contributed by atoms with van der Waals surface area (Å²) in [5, 5.41) is 36.8. The summed E-state index contributed by atoms with van der Waals surface area (Å²) in [5.41, 5.74) is 7.15. The fourth-order valence-electron chi connectivity index (χ4n) is 6.09. The van der Waals surface area contributed by atoms with Gasteiger partial charge in [0, 0.05) is 53.6 Å². The van der Waals surface area contributed by atoms with Crippen molar-refractivity contribution in [3.8, 4) is 33.0 Å². The van der Waals surface area contributed by atoms with Crippen LogP contribution in [0.25, 0.3) is 33.0 Å². The number of thiophene rings is 2. The lowest BCUT2D eigenvalue weighted by molar-refractivity contribution is -0.133. The highest BCUT2D eigenvalue weighted by molar-refractivity contribution is 7.16. The molecule has 2 heterocycles. The molecule has 8 nitrogen and oxygen atoms in total. The molecule has 0 unspecified atom stereocenters. The van der Waals surface area contributed by atoms with Gasteiger partial charge in [0.05, 0.1) is 0 Å². The van der Waals surface area contributed by atoms with E-state index in [1.807, 2.05) is 84.9 Å². The topological polar surface area (TPSA) is 129 Å². The average molecular weight is 767 g/mol. The summed E-state index contributed by atoms with van der Waals surface area (Å²) in [7, 11) is 0. The number of benzene rings is 5. The van der Waals surface area contributed by atoms with Crippen molar-refractivity contribution in [1.29, 1.82) is 10.5 Å². The van der Waals surface area contributed by atoms with E-state index in [0.717, 1.165) is 55.0 Å². The molecular formula is C46H30N4O4S2. The summed E-state index contributed by atoms with van der Waals surface area (Å²) in [5.74, 6) is -2.50. The maximum Gasteiger partial charge on any atom is 0.346 e. The fourth-order valence-corrected chi connectivity index (χ4v) is 8.00. The summed E-state index contributed by atoms with van der Waals surface area (Å²) in [6.07, 6.45) is 2.78. The molecular weight excluding hydrogens is 737 g/mol. The van der Waals surface area contributed by atoms with Gasteiger partial charge in [0.2, 0.25) is 0 Å². The van der Waals surface area contributed by atoms with E-state index in [-0.39, 0.29) is 11.1 Å². The molecule has 0 fully saturated rings. The van der Waals surface area contributed by atoms with Crippen molar-refractivity contribution in [3.63, 3.8) is 0 Å². The Morgan fingerprint density at radius 2 is 0.750 bits per heavy atom. The molecule has 5 aromatic carbocycles. The van der Waals surface area contributed by atoms with E-state index >= 15 is 0 Å². The van der Waals surface area contributed by atoms with Gasteiger partial charge in [-0.2, -0.15) is 10.5 Å². The van der Waals surface area contributed by atoms with Gasteiger partial charge in [0.1, 0.15) is 23.3 Å². The van der Waals surface area contributed by atoms with E-state index in [2.05, 4.69) is 82.6 Å². The van der Waals surface area contributed by atoms with Gasteiger partial charge in [0.15, 0.2) is 0 Å². The van der Waals surface area contributed by atoms with Crippen LogP contribution >= 0.6 is 22.7 Å². The van der Waals surface area contributed by atoms with E-state index in [9.17, 15) is 19.8 Å². The Balaban J connectivity index is 1.18. The van der Waals surface area contributed by atoms with Crippen LogP contribution in [0.1, 0.15) is 9.75 Å². The molecule has 2 aromatic heterocycles. The van der Waals surface area contributed by atoms with Crippen LogP contribution in [0.4, 0.5) is 34.1 Å². The minimum absolute atomic E-state index is 0.307. The van der Waals surface area contributed by atoms with E-state index in [1.54, 1.807) is 12.1 Å². The lowest BCUT2D eigenvalue weighted by Gasteiger charge is -2.28. The van der Waals surface area contributed by atoms with Gasteiger partial charge in [-0.25, -0.2) is 9.59 Å². The van der Waals surface area contributed by atoms with Crippen LogP contribution in [0.3, 0.4) is 0 Å². The van der Waals surface area contributed by atoms with Crippen LogP contribution in [0.5, 0.6) is 0 Å². The highest BCUT2D eigenvalue weighted by Gasteiger charge is 2.17. The molecule has 2 N–H and O–H groups in total. The molecule has 0 amide bonds. The van der Waals surface area contributed by atoms with Crippen molar-refractivity contribution in [3.05, 3.63) is 179 Å². The van der Waals surface area contributed by atoms with Gasteiger partial charge in [-0.15, -0.1) is 22.7 Å². The molecule has 0 radical (unpaired) electrons. The number of nitriles is 2. The number of aliphatic carboxylic acids is 2. The van der Waals surface area contributed by atoms with E-state index < -0.39 is 11.9 Å². The Labute approximate surface area is 331 Å². The molecule has 0 aliphatic heterocycles. The summed E-state index contributed by atoms with van der Waals surface area (Å²) in [6, 6.07) is 56.0. The molecule has 0 aliphatic rings. The highest BCUT2D eigenvalue weighted by Crippen LogP contribution is 2.41. The first kappa shape index (κ1) is 36.8. The molecule has 7 rings (SSSR count). The minimum atomic E-state index is -1.25. The zero-order valence-corrected chi connectivity index (χ0v) is 31.1. The quantitative estimate of drug-likeness (QED) is 0.0929. The lowest BCUT2D eigenvalue weighted by atomic mass is 10.1. The Bertz CT molecular complexity index is 2470. The first-order chi connectivity index (χ1) is 27.3. The smallest absolute Gasteiger partial charge is 0.346 e. The second-order valence-electron chi connectivity index (χ2n) is 12.3. The van der Waals surface area contributed by atoms with Gasteiger partial charge < -0.3 is 20.0 Å². The number of anilines is 6. The van der Waals surface area contributed by atoms with E-state index in [4.69, 9.17) is 10.5 Å². The highest BCUT2D eigenvalue weighted by atomic mass is 32.1. The first-order valence-corrected chi connectivity index (χ1v) is 18.9. The number of carboxylic acids is 2. The number of para-hydroxylation sites is 2. The van der Waals surface area contributed by atoms with Crippen LogP contribution in [0.2, 0.25) is 0 Å². The Morgan fingerprint density at radius 1 is 0.446 bits per heavy atom. The monoisotopic (exact) mass is 766 g/mol. The number of rotatable bonds is 12. The zero-order chi connectivity index (χ0) is 39.0. The maximum absolute atomic E-state index is 11.3. The third-order valence-electron chi connectivity index (χ3n) is 8.74. The number of hydrogen-bond acceptors (Lipinski definition) is 8. The Kier molecular flexibility index (Phi) is 11.0. The van der Waals surface area contributed by atoms with Gasteiger partial charge in [-0.05, 0) is 120 Å². The van der Waals surface area contributed by atoms with Crippen LogP contribution in [-0.2, 0) is 9.59 Å². The molecule has 0 saturated heterocycles. The molecule has 0 atom stereocenters. The Morgan fingerprint density at radius 3 is 1.05 bits per heavy atom. The lowest BCUT2D eigenvalue weighted by Crippen LogP contribution is -2.12. The number of hydrogen-bond donors (Lipinski definition) is 2. The van der Waals surface area contributed by atoms with Crippen LogP contribution in [0.15, 0.2) is 169 Å². The third-order valence-corrected chi connectivity index (χ3v) is 10.9. The number of carboxylic acid groups (broad SMARTS) is 2. The van der Waals surface area contributed by atoms with Crippen molar-refractivity contribution in [2.24, 2.45) is 0 Å². The predicted molar refractivity (Wildman–Crippen MR) is 225 cm³/mol. The third kappa shape index (κ3) is 8.18. The molecule has 7 aromatic rings. The SMILES string of the molecule is N#C/C(=C/c1ccc(-c2ccc(N(c3ccccc3)c3ccc(N(c4ccccc4)c4ccc(-c5ccc(/C=C(\C#N)C(=O)O)s5)cc4)cc3)cc2)s1)C(=O)O. The summed E-state index contributed by atoms with van der Waals surface area (Å²) in [4.78, 5) is 30.3. The zero-order valence-electron chi connectivity index (χ0n) is 29.5.